The normalized spacial score (nSPS) is 18.6. The van der Waals surface area contributed by atoms with E-state index in [1.807, 2.05) is 6.92 Å². The van der Waals surface area contributed by atoms with Crippen LogP contribution in [0.1, 0.15) is 11.6 Å². The zero-order valence-corrected chi connectivity index (χ0v) is 8.58. The van der Waals surface area contributed by atoms with Crippen LogP contribution in [0.15, 0.2) is 0 Å². The van der Waals surface area contributed by atoms with Crippen molar-refractivity contribution in [1.29, 1.82) is 0 Å². The van der Waals surface area contributed by atoms with Crippen LogP contribution in [0.3, 0.4) is 0 Å². The Morgan fingerprint density at radius 3 is 2.79 bits per heavy atom. The molecule has 5 nitrogen and oxygen atoms in total. The van der Waals surface area contributed by atoms with E-state index in [0.717, 1.165) is 50.8 Å². The third-order valence-electron chi connectivity index (χ3n) is 2.50. The first kappa shape index (κ1) is 9.61. The van der Waals surface area contributed by atoms with Crippen molar-refractivity contribution in [3.63, 3.8) is 0 Å². The highest BCUT2D eigenvalue weighted by atomic mass is 15.2. The summed E-state index contributed by atoms with van der Waals surface area (Å²) in [5.41, 5.74) is 0. The van der Waals surface area contributed by atoms with Crippen LogP contribution < -0.4 is 5.32 Å². The van der Waals surface area contributed by atoms with Gasteiger partial charge >= 0.3 is 0 Å². The van der Waals surface area contributed by atoms with E-state index in [-0.39, 0.29) is 0 Å². The van der Waals surface area contributed by atoms with Gasteiger partial charge in [-0.3, -0.25) is 5.10 Å². The maximum Gasteiger partial charge on any atom is 0.151 e. The number of aryl methyl sites for hydroxylation is 1. The number of aromatic amines is 1. The standard InChI is InChI=1S/C9H17N5/c1-8-11-9(13-12-8)2-5-14-6-3-10-4-7-14/h10H,2-7H2,1H3,(H,11,12,13). The van der Waals surface area contributed by atoms with Crippen molar-refractivity contribution in [3.8, 4) is 0 Å². The Morgan fingerprint density at radius 1 is 1.36 bits per heavy atom. The minimum absolute atomic E-state index is 0.903. The van der Waals surface area contributed by atoms with Crippen LogP contribution >= 0.6 is 0 Å². The molecule has 1 aliphatic rings. The molecular weight excluding hydrogens is 178 g/mol. The summed E-state index contributed by atoms with van der Waals surface area (Å²) in [5, 5.41) is 10.3. The number of nitrogens with one attached hydrogen (secondary N) is 2. The van der Waals surface area contributed by atoms with Gasteiger partial charge in [0.05, 0.1) is 0 Å². The lowest BCUT2D eigenvalue weighted by atomic mass is 10.3. The van der Waals surface area contributed by atoms with Crippen molar-refractivity contribution in [2.45, 2.75) is 13.3 Å². The third-order valence-corrected chi connectivity index (χ3v) is 2.50. The van der Waals surface area contributed by atoms with E-state index in [0.29, 0.717) is 0 Å². The maximum absolute atomic E-state index is 4.29. The highest BCUT2D eigenvalue weighted by Gasteiger charge is 2.10. The van der Waals surface area contributed by atoms with Gasteiger partial charge in [0.15, 0.2) is 5.82 Å². The number of hydrogen-bond donors (Lipinski definition) is 2. The van der Waals surface area contributed by atoms with Gasteiger partial charge in [-0.05, 0) is 6.92 Å². The van der Waals surface area contributed by atoms with Gasteiger partial charge in [-0.15, -0.1) is 0 Å². The molecule has 0 aliphatic carbocycles. The van der Waals surface area contributed by atoms with Crippen molar-refractivity contribution in [2.24, 2.45) is 0 Å². The fraction of sp³-hybridized carbons (Fsp3) is 0.778. The number of H-pyrrole nitrogens is 1. The third kappa shape index (κ3) is 2.52. The molecule has 2 heterocycles. The minimum atomic E-state index is 0.903. The molecule has 0 atom stereocenters. The molecule has 0 aromatic carbocycles. The van der Waals surface area contributed by atoms with Gasteiger partial charge < -0.3 is 10.2 Å². The monoisotopic (exact) mass is 195 g/mol. The zero-order valence-electron chi connectivity index (χ0n) is 8.58. The van der Waals surface area contributed by atoms with E-state index >= 15 is 0 Å². The number of rotatable bonds is 3. The molecule has 0 saturated carbocycles. The molecule has 0 bridgehead atoms. The lowest BCUT2D eigenvalue weighted by Gasteiger charge is -2.26. The molecule has 78 valence electrons. The van der Waals surface area contributed by atoms with Gasteiger partial charge in [-0.2, -0.15) is 5.10 Å². The summed E-state index contributed by atoms with van der Waals surface area (Å²) in [4.78, 5) is 6.73. The van der Waals surface area contributed by atoms with Crippen LogP contribution in [-0.4, -0.2) is 52.8 Å². The largest absolute Gasteiger partial charge is 0.314 e. The second-order valence-electron chi connectivity index (χ2n) is 3.68. The fourth-order valence-corrected chi connectivity index (χ4v) is 1.69. The Kier molecular flexibility index (Phi) is 3.10. The van der Waals surface area contributed by atoms with Crippen molar-refractivity contribution >= 4 is 0 Å². The van der Waals surface area contributed by atoms with Gasteiger partial charge in [0.2, 0.25) is 0 Å². The molecule has 0 spiro atoms. The second-order valence-corrected chi connectivity index (χ2v) is 3.68. The topological polar surface area (TPSA) is 56.8 Å². The summed E-state index contributed by atoms with van der Waals surface area (Å²) in [6.07, 6.45) is 0.949. The molecule has 5 heteroatoms. The van der Waals surface area contributed by atoms with Gasteiger partial charge in [0.25, 0.3) is 0 Å². The van der Waals surface area contributed by atoms with Crippen LogP contribution in [0.4, 0.5) is 0 Å². The van der Waals surface area contributed by atoms with Crippen LogP contribution in [0.2, 0.25) is 0 Å². The molecular formula is C9H17N5. The number of aromatic nitrogens is 3. The maximum atomic E-state index is 4.29. The smallest absolute Gasteiger partial charge is 0.151 e. The Labute approximate surface area is 83.9 Å². The van der Waals surface area contributed by atoms with Gasteiger partial charge in [-0.1, -0.05) is 0 Å². The first-order chi connectivity index (χ1) is 6.84. The summed E-state index contributed by atoms with van der Waals surface area (Å²) < 4.78 is 0. The molecule has 1 aromatic rings. The molecule has 2 N–H and O–H groups in total. The number of piperazine rings is 1. The Balaban J connectivity index is 1.76. The van der Waals surface area contributed by atoms with Crippen LogP contribution in [-0.2, 0) is 6.42 Å². The summed E-state index contributed by atoms with van der Waals surface area (Å²) in [5.74, 6) is 1.83. The zero-order chi connectivity index (χ0) is 9.80. The molecule has 0 amide bonds. The van der Waals surface area contributed by atoms with E-state index in [4.69, 9.17) is 0 Å². The van der Waals surface area contributed by atoms with Crippen molar-refractivity contribution in [3.05, 3.63) is 11.6 Å². The fourth-order valence-electron chi connectivity index (χ4n) is 1.69. The van der Waals surface area contributed by atoms with E-state index < -0.39 is 0 Å². The molecule has 1 saturated heterocycles. The highest BCUT2D eigenvalue weighted by Crippen LogP contribution is 1.97. The average molecular weight is 195 g/mol. The molecule has 2 rings (SSSR count). The second kappa shape index (κ2) is 4.52. The van der Waals surface area contributed by atoms with E-state index in [2.05, 4.69) is 25.4 Å². The Morgan fingerprint density at radius 2 is 2.14 bits per heavy atom. The predicted molar refractivity (Wildman–Crippen MR) is 54.1 cm³/mol. The molecule has 1 fully saturated rings. The lowest BCUT2D eigenvalue weighted by Crippen LogP contribution is -2.44. The highest BCUT2D eigenvalue weighted by molar-refractivity contribution is 4.88. The van der Waals surface area contributed by atoms with Crippen LogP contribution in [0.25, 0.3) is 0 Å². The first-order valence-corrected chi connectivity index (χ1v) is 5.15. The van der Waals surface area contributed by atoms with Crippen molar-refractivity contribution < 1.29 is 0 Å². The van der Waals surface area contributed by atoms with Gasteiger partial charge in [0.1, 0.15) is 5.82 Å². The van der Waals surface area contributed by atoms with Gasteiger partial charge in [0, 0.05) is 39.1 Å². The summed E-state index contributed by atoms with van der Waals surface area (Å²) >= 11 is 0. The minimum Gasteiger partial charge on any atom is -0.314 e. The molecule has 14 heavy (non-hydrogen) atoms. The Hall–Kier alpha value is -0.940. The SMILES string of the molecule is Cc1nc(CCN2CCNCC2)n[nH]1. The first-order valence-electron chi connectivity index (χ1n) is 5.15. The van der Waals surface area contributed by atoms with Crippen LogP contribution in [0, 0.1) is 6.92 Å². The molecule has 1 aliphatic heterocycles. The molecule has 0 unspecified atom stereocenters. The van der Waals surface area contributed by atoms with Crippen molar-refractivity contribution in [1.82, 2.24) is 25.4 Å². The van der Waals surface area contributed by atoms with Gasteiger partial charge in [-0.25, -0.2) is 4.98 Å². The predicted octanol–water partition coefficient (Wildman–Crippen LogP) is -0.439. The van der Waals surface area contributed by atoms with E-state index in [1.54, 1.807) is 0 Å². The lowest BCUT2D eigenvalue weighted by molar-refractivity contribution is 0.242. The van der Waals surface area contributed by atoms with Crippen molar-refractivity contribution in [2.75, 3.05) is 32.7 Å². The van der Waals surface area contributed by atoms with E-state index in [1.165, 1.54) is 0 Å². The van der Waals surface area contributed by atoms with Crippen LogP contribution in [0.5, 0.6) is 0 Å². The molecule has 0 radical (unpaired) electrons. The Bertz CT molecular complexity index is 276. The quantitative estimate of drug-likeness (QED) is 0.686. The number of hydrogen-bond acceptors (Lipinski definition) is 4. The average Bonchev–Trinajstić information content (AvgIpc) is 2.63. The van der Waals surface area contributed by atoms with E-state index in [9.17, 15) is 0 Å². The summed E-state index contributed by atoms with van der Waals surface area (Å²) in [6, 6.07) is 0. The number of nitrogens with zero attached hydrogens (tertiary/aromatic N) is 3. The summed E-state index contributed by atoms with van der Waals surface area (Å²) in [7, 11) is 0. The molecule has 1 aromatic heterocycles. The summed E-state index contributed by atoms with van der Waals surface area (Å²) in [6.45, 7) is 7.49.